The van der Waals surface area contributed by atoms with Gasteiger partial charge in [0.05, 0.1) is 17.4 Å². The van der Waals surface area contributed by atoms with E-state index in [4.69, 9.17) is 11.6 Å². The zero-order valence-electron chi connectivity index (χ0n) is 15.4. The highest BCUT2D eigenvalue weighted by Gasteiger charge is 2.40. The molecule has 0 saturated heterocycles. The summed E-state index contributed by atoms with van der Waals surface area (Å²) in [4.78, 5) is 24.3. The summed E-state index contributed by atoms with van der Waals surface area (Å²) in [5.74, 6) is -1.01. The smallest absolute Gasteiger partial charge is 0.354 e. The molecule has 0 spiro atoms. The van der Waals surface area contributed by atoms with Crippen LogP contribution in [0.15, 0.2) is 30.5 Å². The number of amides is 2. The fourth-order valence-corrected chi connectivity index (χ4v) is 3.56. The molecule has 0 unspecified atom stereocenters. The molecule has 1 heterocycles. The zero-order chi connectivity index (χ0) is 21.0. The van der Waals surface area contributed by atoms with Crippen LogP contribution in [0.4, 0.5) is 13.2 Å². The maximum atomic E-state index is 13.6. The van der Waals surface area contributed by atoms with Crippen molar-refractivity contribution in [3.05, 3.63) is 46.7 Å². The molecular formula is C19H20ClF3N4O2. The summed E-state index contributed by atoms with van der Waals surface area (Å²) in [6, 6.07) is 5.75. The van der Waals surface area contributed by atoms with Crippen molar-refractivity contribution in [1.29, 1.82) is 0 Å². The van der Waals surface area contributed by atoms with Gasteiger partial charge in [-0.05, 0) is 31.0 Å². The van der Waals surface area contributed by atoms with Crippen LogP contribution in [0.25, 0.3) is 5.69 Å². The van der Waals surface area contributed by atoms with E-state index in [9.17, 15) is 22.8 Å². The molecule has 2 N–H and O–H groups in total. The molecule has 0 bridgehead atoms. The van der Waals surface area contributed by atoms with Crippen molar-refractivity contribution in [3.63, 3.8) is 0 Å². The van der Waals surface area contributed by atoms with Gasteiger partial charge in [0.2, 0.25) is 5.91 Å². The average Bonchev–Trinajstić information content (AvgIpc) is 3.34. The Hall–Kier alpha value is -2.55. The second kappa shape index (κ2) is 8.86. The lowest BCUT2D eigenvalue weighted by molar-refractivity contribution is -0.143. The fraction of sp³-hybridized carbons (Fsp3) is 0.421. The van der Waals surface area contributed by atoms with Gasteiger partial charge >= 0.3 is 6.18 Å². The van der Waals surface area contributed by atoms with Gasteiger partial charge in [0.25, 0.3) is 5.91 Å². The lowest BCUT2D eigenvalue weighted by atomic mass is 10.1. The second-order valence-corrected chi connectivity index (χ2v) is 7.26. The first-order valence-electron chi connectivity index (χ1n) is 9.24. The Morgan fingerprint density at radius 1 is 1.17 bits per heavy atom. The van der Waals surface area contributed by atoms with E-state index in [1.165, 1.54) is 24.3 Å². The topological polar surface area (TPSA) is 76.0 Å². The number of aromatic nitrogens is 2. The number of nitrogens with one attached hydrogen (secondary N) is 2. The van der Waals surface area contributed by atoms with Crippen molar-refractivity contribution in [1.82, 2.24) is 20.4 Å². The average molecular weight is 429 g/mol. The SMILES string of the molecule is O=C(NCCNC(=O)C1CCCC1)c1cnn(-c2cccc(Cl)c2)c1C(F)(F)F. The van der Waals surface area contributed by atoms with Gasteiger partial charge in [-0.3, -0.25) is 9.59 Å². The summed E-state index contributed by atoms with van der Waals surface area (Å²) in [5, 5.41) is 9.08. The van der Waals surface area contributed by atoms with Gasteiger partial charge in [-0.1, -0.05) is 30.5 Å². The molecule has 1 aliphatic rings. The molecule has 3 rings (SSSR count). The summed E-state index contributed by atoms with van der Waals surface area (Å²) in [6.45, 7) is 0.155. The molecule has 0 radical (unpaired) electrons. The van der Waals surface area contributed by atoms with Crippen LogP contribution in [-0.4, -0.2) is 34.7 Å². The van der Waals surface area contributed by atoms with Gasteiger partial charge in [-0.25, -0.2) is 4.68 Å². The third-order valence-electron chi connectivity index (χ3n) is 4.77. The van der Waals surface area contributed by atoms with Crippen molar-refractivity contribution in [3.8, 4) is 5.69 Å². The predicted octanol–water partition coefficient (Wildman–Crippen LogP) is 3.58. The number of benzene rings is 1. The van der Waals surface area contributed by atoms with Crippen LogP contribution >= 0.6 is 11.6 Å². The normalized spacial score (nSPS) is 14.8. The van der Waals surface area contributed by atoms with Crippen LogP contribution in [0.2, 0.25) is 5.02 Å². The Kier molecular flexibility index (Phi) is 6.46. The quantitative estimate of drug-likeness (QED) is 0.690. The third kappa shape index (κ3) is 5.09. The molecule has 1 saturated carbocycles. The lowest BCUT2D eigenvalue weighted by Gasteiger charge is -2.13. The number of halogens is 4. The monoisotopic (exact) mass is 428 g/mol. The number of rotatable bonds is 6. The molecule has 10 heteroatoms. The number of carbonyl (C=O) groups is 2. The molecule has 2 aromatic rings. The molecule has 1 aromatic heterocycles. The summed E-state index contributed by atoms with van der Waals surface area (Å²) in [5.41, 5.74) is -1.69. The number of alkyl halides is 3. The molecule has 1 fully saturated rings. The van der Waals surface area contributed by atoms with Crippen molar-refractivity contribution >= 4 is 23.4 Å². The maximum absolute atomic E-state index is 13.6. The van der Waals surface area contributed by atoms with Crippen molar-refractivity contribution in [2.45, 2.75) is 31.9 Å². The molecular weight excluding hydrogens is 409 g/mol. The van der Waals surface area contributed by atoms with Crippen LogP contribution in [0, 0.1) is 5.92 Å². The first-order valence-corrected chi connectivity index (χ1v) is 9.62. The highest BCUT2D eigenvalue weighted by molar-refractivity contribution is 6.30. The summed E-state index contributed by atoms with van der Waals surface area (Å²) < 4.78 is 41.5. The number of hydrogen-bond acceptors (Lipinski definition) is 3. The van der Waals surface area contributed by atoms with Crippen LogP contribution in [-0.2, 0) is 11.0 Å². The lowest BCUT2D eigenvalue weighted by Crippen LogP contribution is -2.37. The molecule has 2 amide bonds. The number of hydrogen-bond donors (Lipinski definition) is 2. The molecule has 29 heavy (non-hydrogen) atoms. The van der Waals surface area contributed by atoms with Gasteiger partial charge in [-0.2, -0.15) is 18.3 Å². The van der Waals surface area contributed by atoms with E-state index in [2.05, 4.69) is 15.7 Å². The Balaban J connectivity index is 1.68. The standard InChI is InChI=1S/C19H20ClF3N4O2/c20-13-6-3-7-14(10-13)27-16(19(21,22)23)15(11-26-27)18(29)25-9-8-24-17(28)12-4-1-2-5-12/h3,6-7,10-12H,1-2,4-5,8-9H2,(H,24,28)(H,25,29). The second-order valence-electron chi connectivity index (χ2n) is 6.82. The summed E-state index contributed by atoms with van der Waals surface area (Å²) in [6.07, 6.45) is -0.207. The van der Waals surface area contributed by atoms with E-state index in [-0.39, 0.29) is 35.6 Å². The van der Waals surface area contributed by atoms with Crippen molar-refractivity contribution in [2.75, 3.05) is 13.1 Å². The van der Waals surface area contributed by atoms with E-state index < -0.39 is 23.3 Å². The summed E-state index contributed by atoms with van der Waals surface area (Å²) in [7, 11) is 0. The van der Waals surface area contributed by atoms with Gasteiger partial charge in [0.1, 0.15) is 0 Å². The van der Waals surface area contributed by atoms with E-state index in [1.807, 2.05) is 0 Å². The Morgan fingerprint density at radius 3 is 2.52 bits per heavy atom. The summed E-state index contributed by atoms with van der Waals surface area (Å²) >= 11 is 5.85. The first kappa shape index (κ1) is 21.2. The molecule has 1 aliphatic carbocycles. The Labute approximate surface area is 170 Å². The maximum Gasteiger partial charge on any atom is 0.434 e. The van der Waals surface area contributed by atoms with Crippen LogP contribution in [0.1, 0.15) is 41.7 Å². The third-order valence-corrected chi connectivity index (χ3v) is 5.01. The Bertz CT molecular complexity index is 892. The molecule has 6 nitrogen and oxygen atoms in total. The van der Waals surface area contributed by atoms with Crippen LogP contribution in [0.3, 0.4) is 0 Å². The molecule has 0 aliphatic heterocycles. The van der Waals surface area contributed by atoms with E-state index in [0.717, 1.165) is 31.9 Å². The van der Waals surface area contributed by atoms with Gasteiger partial charge in [-0.15, -0.1) is 0 Å². The van der Waals surface area contributed by atoms with Gasteiger partial charge in [0, 0.05) is 24.0 Å². The first-order chi connectivity index (χ1) is 13.8. The minimum absolute atomic E-state index is 0.0108. The molecule has 1 aromatic carbocycles. The number of carbonyl (C=O) groups excluding carboxylic acids is 2. The van der Waals surface area contributed by atoms with Crippen LogP contribution < -0.4 is 10.6 Å². The highest BCUT2D eigenvalue weighted by Crippen LogP contribution is 2.34. The van der Waals surface area contributed by atoms with E-state index in [0.29, 0.717) is 4.68 Å². The minimum atomic E-state index is -4.80. The zero-order valence-corrected chi connectivity index (χ0v) is 16.2. The van der Waals surface area contributed by atoms with Crippen LogP contribution in [0.5, 0.6) is 0 Å². The van der Waals surface area contributed by atoms with Crippen molar-refractivity contribution < 1.29 is 22.8 Å². The van der Waals surface area contributed by atoms with Crippen molar-refractivity contribution in [2.24, 2.45) is 5.92 Å². The highest BCUT2D eigenvalue weighted by atomic mass is 35.5. The molecule has 156 valence electrons. The van der Waals surface area contributed by atoms with E-state index >= 15 is 0 Å². The Morgan fingerprint density at radius 2 is 1.86 bits per heavy atom. The fourth-order valence-electron chi connectivity index (χ4n) is 3.38. The van der Waals surface area contributed by atoms with Gasteiger partial charge < -0.3 is 10.6 Å². The molecule has 0 atom stereocenters. The largest absolute Gasteiger partial charge is 0.434 e. The number of nitrogens with zero attached hydrogens (tertiary/aromatic N) is 2. The predicted molar refractivity (Wildman–Crippen MR) is 101 cm³/mol. The van der Waals surface area contributed by atoms with Gasteiger partial charge in [0.15, 0.2) is 5.69 Å². The van der Waals surface area contributed by atoms with E-state index in [1.54, 1.807) is 0 Å². The minimum Gasteiger partial charge on any atom is -0.354 e.